The zero-order valence-electron chi connectivity index (χ0n) is 12.7. The second-order valence-electron chi connectivity index (χ2n) is 5.81. The maximum absolute atomic E-state index is 12.2. The van der Waals surface area contributed by atoms with Gasteiger partial charge in [-0.1, -0.05) is 23.2 Å². The Hall–Kier alpha value is -1.31. The van der Waals surface area contributed by atoms with E-state index in [4.69, 9.17) is 23.2 Å². The van der Waals surface area contributed by atoms with E-state index in [-0.39, 0.29) is 30.8 Å². The summed E-state index contributed by atoms with van der Waals surface area (Å²) in [5.74, 6) is -2.20. The third-order valence-corrected chi connectivity index (χ3v) is 6.05. The van der Waals surface area contributed by atoms with Crippen molar-refractivity contribution in [1.82, 2.24) is 5.32 Å². The molecule has 2 rings (SSSR count). The number of carbonyl (C=O) groups excluding carboxylic acids is 1. The van der Waals surface area contributed by atoms with E-state index in [9.17, 15) is 23.1 Å². The van der Waals surface area contributed by atoms with Crippen LogP contribution in [0.4, 0.5) is 0 Å². The molecule has 1 aliphatic rings. The molecular weight excluding hydrogens is 377 g/mol. The van der Waals surface area contributed by atoms with Crippen molar-refractivity contribution in [3.63, 3.8) is 0 Å². The highest BCUT2D eigenvalue weighted by Crippen LogP contribution is 2.21. The molecule has 1 aromatic rings. The molecule has 0 radical (unpaired) electrons. The molecule has 1 fully saturated rings. The molecule has 0 aliphatic carbocycles. The van der Waals surface area contributed by atoms with Crippen LogP contribution in [0.15, 0.2) is 18.2 Å². The molecule has 2 N–H and O–H groups in total. The fourth-order valence-corrected chi connectivity index (χ4v) is 4.67. The molecule has 24 heavy (non-hydrogen) atoms. The summed E-state index contributed by atoms with van der Waals surface area (Å²) < 4.78 is 22.8. The van der Waals surface area contributed by atoms with E-state index in [0.29, 0.717) is 15.6 Å². The molecule has 0 aromatic heterocycles. The van der Waals surface area contributed by atoms with E-state index >= 15 is 0 Å². The average Bonchev–Trinajstić information content (AvgIpc) is 2.45. The first-order valence-electron chi connectivity index (χ1n) is 7.35. The third-order valence-electron chi connectivity index (χ3n) is 3.90. The Kier molecular flexibility index (Phi) is 6.11. The SMILES string of the molecule is O=C(NC(Cc1cc(Cl)cc(Cl)c1)C(=O)O)C1CCS(=O)(=O)CC1. The van der Waals surface area contributed by atoms with Crippen LogP contribution in [0.1, 0.15) is 18.4 Å². The molecule has 1 saturated heterocycles. The van der Waals surface area contributed by atoms with Crippen molar-refractivity contribution >= 4 is 44.9 Å². The van der Waals surface area contributed by atoms with E-state index in [1.54, 1.807) is 12.1 Å². The van der Waals surface area contributed by atoms with Gasteiger partial charge in [0.05, 0.1) is 11.5 Å². The van der Waals surface area contributed by atoms with E-state index < -0.39 is 33.7 Å². The Balaban J connectivity index is 2.03. The molecule has 0 saturated carbocycles. The molecule has 1 amide bonds. The van der Waals surface area contributed by atoms with Crippen molar-refractivity contribution in [3.05, 3.63) is 33.8 Å². The highest BCUT2D eigenvalue weighted by Gasteiger charge is 2.31. The fraction of sp³-hybridized carbons (Fsp3) is 0.467. The molecule has 1 unspecified atom stereocenters. The van der Waals surface area contributed by atoms with Gasteiger partial charge in [0.15, 0.2) is 0 Å². The lowest BCUT2D eigenvalue weighted by Gasteiger charge is -2.23. The van der Waals surface area contributed by atoms with Crippen LogP contribution < -0.4 is 5.32 Å². The van der Waals surface area contributed by atoms with Gasteiger partial charge in [0, 0.05) is 22.4 Å². The van der Waals surface area contributed by atoms with Gasteiger partial charge in [0.1, 0.15) is 15.9 Å². The van der Waals surface area contributed by atoms with Gasteiger partial charge >= 0.3 is 5.97 Å². The van der Waals surface area contributed by atoms with Gasteiger partial charge in [-0.25, -0.2) is 13.2 Å². The minimum atomic E-state index is -3.08. The first kappa shape index (κ1) is 19.0. The Labute approximate surface area is 150 Å². The quantitative estimate of drug-likeness (QED) is 0.795. The summed E-state index contributed by atoms with van der Waals surface area (Å²) in [5, 5.41) is 12.6. The van der Waals surface area contributed by atoms with Gasteiger partial charge in [-0.05, 0) is 36.6 Å². The van der Waals surface area contributed by atoms with Crippen molar-refractivity contribution in [2.45, 2.75) is 25.3 Å². The monoisotopic (exact) mass is 393 g/mol. The van der Waals surface area contributed by atoms with Crippen LogP contribution in [0, 0.1) is 5.92 Å². The topological polar surface area (TPSA) is 101 Å². The lowest BCUT2D eigenvalue weighted by Crippen LogP contribution is -2.46. The van der Waals surface area contributed by atoms with E-state index in [1.165, 1.54) is 6.07 Å². The number of hydrogen-bond donors (Lipinski definition) is 2. The van der Waals surface area contributed by atoms with Gasteiger partial charge in [0.25, 0.3) is 0 Å². The van der Waals surface area contributed by atoms with Gasteiger partial charge < -0.3 is 10.4 Å². The van der Waals surface area contributed by atoms with Gasteiger partial charge in [-0.15, -0.1) is 0 Å². The summed E-state index contributed by atoms with van der Waals surface area (Å²) in [4.78, 5) is 23.6. The Morgan fingerprint density at radius 1 is 1.17 bits per heavy atom. The van der Waals surface area contributed by atoms with Gasteiger partial charge in [0.2, 0.25) is 5.91 Å². The van der Waals surface area contributed by atoms with Crippen LogP contribution in [0.2, 0.25) is 10.0 Å². The third kappa shape index (κ3) is 5.36. The first-order valence-corrected chi connectivity index (χ1v) is 9.92. The van der Waals surface area contributed by atoms with E-state index in [0.717, 1.165) is 0 Å². The predicted molar refractivity (Wildman–Crippen MR) is 91.1 cm³/mol. The number of rotatable bonds is 5. The van der Waals surface area contributed by atoms with Crippen LogP contribution in [0.5, 0.6) is 0 Å². The summed E-state index contributed by atoms with van der Waals surface area (Å²) in [5.41, 5.74) is 0.589. The number of carbonyl (C=O) groups is 2. The molecule has 6 nitrogen and oxygen atoms in total. The normalized spacial score (nSPS) is 18.8. The van der Waals surface area contributed by atoms with E-state index in [1.807, 2.05) is 0 Å². The lowest BCUT2D eigenvalue weighted by molar-refractivity contribution is -0.142. The lowest BCUT2D eigenvalue weighted by atomic mass is 10.00. The Morgan fingerprint density at radius 3 is 2.21 bits per heavy atom. The molecule has 1 aromatic carbocycles. The number of benzene rings is 1. The number of hydrogen-bond acceptors (Lipinski definition) is 4. The number of aliphatic carboxylic acids is 1. The Bertz CT molecular complexity index is 716. The van der Waals surface area contributed by atoms with E-state index in [2.05, 4.69) is 5.32 Å². The zero-order chi connectivity index (χ0) is 17.9. The Morgan fingerprint density at radius 2 is 1.71 bits per heavy atom. The van der Waals surface area contributed by atoms with Crippen LogP contribution in [-0.4, -0.2) is 42.9 Å². The predicted octanol–water partition coefficient (Wildman–Crippen LogP) is 1.93. The minimum Gasteiger partial charge on any atom is -0.480 e. The summed E-state index contributed by atoms with van der Waals surface area (Å²) in [6, 6.07) is 3.57. The summed E-state index contributed by atoms with van der Waals surface area (Å²) in [6.45, 7) is 0. The summed E-state index contributed by atoms with van der Waals surface area (Å²) >= 11 is 11.8. The molecule has 0 bridgehead atoms. The van der Waals surface area contributed by atoms with Crippen LogP contribution >= 0.6 is 23.2 Å². The average molecular weight is 394 g/mol. The number of amides is 1. The molecule has 1 heterocycles. The largest absolute Gasteiger partial charge is 0.480 e. The maximum atomic E-state index is 12.2. The smallest absolute Gasteiger partial charge is 0.326 e. The number of carboxylic acid groups (broad SMARTS) is 1. The van der Waals surface area contributed by atoms with Crippen LogP contribution in [0.3, 0.4) is 0 Å². The second kappa shape index (κ2) is 7.72. The first-order chi connectivity index (χ1) is 11.2. The molecule has 132 valence electrons. The van der Waals surface area contributed by atoms with Crippen LogP contribution in [-0.2, 0) is 25.8 Å². The molecule has 9 heteroatoms. The second-order valence-corrected chi connectivity index (χ2v) is 8.98. The molecule has 1 aliphatic heterocycles. The van der Waals surface area contributed by atoms with Crippen molar-refractivity contribution in [2.24, 2.45) is 5.92 Å². The summed E-state index contributed by atoms with van der Waals surface area (Å²) in [7, 11) is -3.08. The number of halogens is 2. The van der Waals surface area contributed by atoms with Crippen molar-refractivity contribution in [3.8, 4) is 0 Å². The number of sulfone groups is 1. The number of carboxylic acids is 1. The highest BCUT2D eigenvalue weighted by atomic mass is 35.5. The summed E-state index contributed by atoms with van der Waals surface area (Å²) in [6.07, 6.45) is 0.458. The molecule has 1 atom stereocenters. The maximum Gasteiger partial charge on any atom is 0.326 e. The van der Waals surface area contributed by atoms with Gasteiger partial charge in [-0.2, -0.15) is 0 Å². The highest BCUT2D eigenvalue weighted by molar-refractivity contribution is 7.91. The fourth-order valence-electron chi connectivity index (χ4n) is 2.61. The standard InChI is InChI=1S/C15H17Cl2NO5S/c16-11-5-9(6-12(17)8-11)7-13(15(20)21)18-14(19)10-1-3-24(22,23)4-2-10/h5-6,8,10,13H,1-4,7H2,(H,18,19)(H,20,21). The van der Waals surface area contributed by atoms with Crippen molar-refractivity contribution in [2.75, 3.05) is 11.5 Å². The van der Waals surface area contributed by atoms with Gasteiger partial charge in [-0.3, -0.25) is 4.79 Å². The zero-order valence-corrected chi connectivity index (χ0v) is 15.0. The number of nitrogens with one attached hydrogen (secondary N) is 1. The molecular formula is C15H17Cl2NO5S. The van der Waals surface area contributed by atoms with Crippen LogP contribution in [0.25, 0.3) is 0 Å². The van der Waals surface area contributed by atoms with Crippen molar-refractivity contribution in [1.29, 1.82) is 0 Å². The van der Waals surface area contributed by atoms with Crippen molar-refractivity contribution < 1.29 is 23.1 Å². The minimum absolute atomic E-state index is 0.0341. The molecule has 0 spiro atoms.